The Balaban J connectivity index is 2.61. The zero-order valence-corrected chi connectivity index (χ0v) is 10.1. The summed E-state index contributed by atoms with van der Waals surface area (Å²) in [6.45, 7) is 0. The maximum Gasteiger partial charge on any atom is 0.329 e. The van der Waals surface area contributed by atoms with Crippen molar-refractivity contribution in [1.82, 2.24) is 0 Å². The van der Waals surface area contributed by atoms with Gasteiger partial charge in [0.15, 0.2) is 4.90 Å². The van der Waals surface area contributed by atoms with Gasteiger partial charge in [-0.1, -0.05) is 24.0 Å². The largest absolute Gasteiger partial charge is 0.872 e. The molecule has 1 unspecified atom stereocenters. The highest BCUT2D eigenvalue weighted by Gasteiger charge is 2.13. The molecular formula is C12H14O3S. The Hall–Kier alpha value is -1.42. The van der Waals surface area contributed by atoms with Gasteiger partial charge >= 0.3 is 5.97 Å². The molecule has 0 bridgehead atoms. The average molecular weight is 238 g/mol. The highest BCUT2D eigenvalue weighted by Crippen LogP contribution is 2.11. The predicted octanol–water partition coefficient (Wildman–Crippen LogP) is 0.711. The number of hydrogen-bond acceptors (Lipinski definition) is 3. The third-order valence-corrected chi connectivity index (χ3v) is 3.78. The first kappa shape index (κ1) is 12.6. The number of benzene rings is 1. The van der Waals surface area contributed by atoms with Crippen molar-refractivity contribution >= 4 is 16.9 Å². The van der Waals surface area contributed by atoms with Crippen molar-refractivity contribution in [1.29, 1.82) is 0 Å². The van der Waals surface area contributed by atoms with E-state index in [-0.39, 0.29) is 16.7 Å². The number of rotatable bonds is 4. The molecule has 0 radical (unpaired) electrons. The van der Waals surface area contributed by atoms with Crippen LogP contribution in [0.1, 0.15) is 0 Å². The summed E-state index contributed by atoms with van der Waals surface area (Å²) in [5.74, 6) is -0.435. The first-order valence-electron chi connectivity index (χ1n) is 4.76. The number of carbonyl (C=O) groups excluding carboxylic acids is 1. The smallest absolute Gasteiger partial charge is 0.329 e. The van der Waals surface area contributed by atoms with E-state index < -0.39 is 5.97 Å². The number of carbonyl (C=O) groups is 1. The van der Waals surface area contributed by atoms with Crippen LogP contribution in [0.5, 0.6) is 0 Å². The van der Waals surface area contributed by atoms with Gasteiger partial charge in [0.2, 0.25) is 0 Å². The Kier molecular flexibility index (Phi) is 4.92. The molecule has 16 heavy (non-hydrogen) atoms. The van der Waals surface area contributed by atoms with Gasteiger partial charge in [0, 0.05) is 17.0 Å². The molecule has 0 saturated heterocycles. The number of hydrogen-bond donors (Lipinski definition) is 0. The maximum atomic E-state index is 11.4. The lowest BCUT2D eigenvalue weighted by molar-refractivity contribution is -0.300. The fraction of sp³-hybridized carbons (Fsp3) is 0.250. The van der Waals surface area contributed by atoms with Crippen molar-refractivity contribution in [3.63, 3.8) is 0 Å². The van der Waals surface area contributed by atoms with Crippen LogP contribution in [-0.2, 0) is 20.4 Å². The normalized spacial score (nSPS) is 13.2. The molecule has 0 N–H and O–H groups in total. The first-order chi connectivity index (χ1) is 7.63. The molecule has 1 rings (SSSR count). The van der Waals surface area contributed by atoms with Gasteiger partial charge in [-0.15, -0.1) is 0 Å². The zero-order chi connectivity index (χ0) is 12.0. The lowest BCUT2D eigenvalue weighted by Gasteiger charge is -2.10. The van der Waals surface area contributed by atoms with Crippen molar-refractivity contribution in [3.8, 4) is 0 Å². The average Bonchev–Trinajstić information content (AvgIpc) is 2.29. The van der Waals surface area contributed by atoms with E-state index >= 15 is 0 Å². The molecular weight excluding hydrogens is 224 g/mol. The minimum Gasteiger partial charge on any atom is -0.872 e. The molecule has 3 nitrogen and oxygen atoms in total. The second kappa shape index (κ2) is 6.23. The van der Waals surface area contributed by atoms with E-state index in [2.05, 4.69) is 4.74 Å². The molecule has 1 atom stereocenters. The van der Waals surface area contributed by atoms with E-state index in [1.165, 1.54) is 7.11 Å². The van der Waals surface area contributed by atoms with Gasteiger partial charge in [0.1, 0.15) is 12.0 Å². The second-order valence-electron chi connectivity index (χ2n) is 3.23. The number of ether oxygens (including phenoxy) is 1. The van der Waals surface area contributed by atoms with Crippen molar-refractivity contribution in [2.24, 2.45) is 0 Å². The summed E-state index contributed by atoms with van der Waals surface area (Å²) in [6, 6.07) is 9.77. The highest BCUT2D eigenvalue weighted by atomic mass is 32.2. The van der Waals surface area contributed by atoms with E-state index in [9.17, 15) is 9.90 Å². The van der Waals surface area contributed by atoms with Crippen LogP contribution in [0.4, 0.5) is 0 Å². The molecule has 0 spiro atoms. The van der Waals surface area contributed by atoms with Crippen LogP contribution < -0.4 is 5.11 Å². The third-order valence-electron chi connectivity index (χ3n) is 1.98. The van der Waals surface area contributed by atoms with Crippen LogP contribution in [0.15, 0.2) is 47.1 Å². The molecule has 0 aliphatic rings. The standard InChI is InChI=1S/C12H14O3S/c1-15-12(14)8-10(13)9-16(2)11-6-4-3-5-7-11/h3-8H,9H2,1-2H3. The van der Waals surface area contributed by atoms with Gasteiger partial charge < -0.3 is 9.84 Å². The molecule has 1 aromatic rings. The summed E-state index contributed by atoms with van der Waals surface area (Å²) in [4.78, 5) is 12.0. The Morgan fingerprint density at radius 1 is 1.44 bits per heavy atom. The second-order valence-corrected chi connectivity index (χ2v) is 5.26. The summed E-state index contributed by atoms with van der Waals surface area (Å²) in [7, 11) is 1.09. The van der Waals surface area contributed by atoms with Crippen LogP contribution in [0.25, 0.3) is 0 Å². The Morgan fingerprint density at radius 2 is 2.06 bits per heavy atom. The zero-order valence-electron chi connectivity index (χ0n) is 9.30. The Labute approximate surface area is 98.1 Å². The molecule has 0 aromatic heterocycles. The fourth-order valence-electron chi connectivity index (χ4n) is 1.18. The molecule has 1 aromatic carbocycles. The minimum absolute atomic E-state index is 0.170. The van der Waals surface area contributed by atoms with Crippen molar-refractivity contribution in [2.45, 2.75) is 4.90 Å². The van der Waals surface area contributed by atoms with Crippen LogP contribution in [0.3, 0.4) is 0 Å². The number of esters is 1. The monoisotopic (exact) mass is 238 g/mol. The highest BCUT2D eigenvalue weighted by molar-refractivity contribution is 7.96. The summed E-state index contributed by atoms with van der Waals surface area (Å²) in [5, 5.41) is 11.4. The third kappa shape index (κ3) is 3.98. The number of methoxy groups -OCH3 is 1. The van der Waals surface area contributed by atoms with Crippen molar-refractivity contribution in [3.05, 3.63) is 42.2 Å². The lowest BCUT2D eigenvalue weighted by Crippen LogP contribution is -2.18. The van der Waals surface area contributed by atoms with Gasteiger partial charge in [-0.2, -0.15) is 0 Å². The van der Waals surface area contributed by atoms with E-state index in [0.29, 0.717) is 5.75 Å². The summed E-state index contributed by atoms with van der Waals surface area (Å²) in [6.07, 6.45) is 2.99. The van der Waals surface area contributed by atoms with Crippen molar-refractivity contribution in [2.75, 3.05) is 19.1 Å². The molecule has 0 aliphatic heterocycles. The molecule has 0 amide bonds. The van der Waals surface area contributed by atoms with E-state index in [1.807, 2.05) is 36.6 Å². The molecule has 0 saturated carbocycles. The van der Waals surface area contributed by atoms with Crippen LogP contribution in [-0.4, -0.2) is 25.1 Å². The van der Waals surface area contributed by atoms with Crippen LogP contribution in [0.2, 0.25) is 0 Å². The quantitative estimate of drug-likeness (QED) is 0.336. The van der Waals surface area contributed by atoms with Crippen LogP contribution in [0, 0.1) is 0 Å². The maximum absolute atomic E-state index is 11.4. The van der Waals surface area contributed by atoms with Gasteiger partial charge in [-0.05, 0) is 12.1 Å². The van der Waals surface area contributed by atoms with E-state index in [1.54, 1.807) is 0 Å². The Bertz CT molecular complexity index is 373. The minimum atomic E-state index is -0.588. The van der Waals surface area contributed by atoms with Crippen molar-refractivity contribution < 1.29 is 14.6 Å². The van der Waals surface area contributed by atoms with Gasteiger partial charge in [-0.3, -0.25) is 0 Å². The first-order valence-corrected chi connectivity index (χ1v) is 6.57. The molecule has 0 fully saturated rings. The van der Waals surface area contributed by atoms with Gasteiger partial charge in [-0.25, -0.2) is 4.79 Å². The molecule has 86 valence electrons. The van der Waals surface area contributed by atoms with Gasteiger partial charge in [0.05, 0.1) is 7.11 Å². The summed E-state index contributed by atoms with van der Waals surface area (Å²) >= 11 is 0. The van der Waals surface area contributed by atoms with E-state index in [0.717, 1.165) is 11.0 Å². The summed E-state index contributed by atoms with van der Waals surface area (Å²) in [5.41, 5.74) is 0. The van der Waals surface area contributed by atoms with E-state index in [4.69, 9.17) is 0 Å². The SMILES string of the molecule is COC(=O)/C=C(\[O-])C[S+](C)c1ccccc1. The predicted molar refractivity (Wildman–Crippen MR) is 63.0 cm³/mol. The van der Waals surface area contributed by atoms with Gasteiger partial charge in [0.25, 0.3) is 0 Å². The Morgan fingerprint density at radius 3 is 2.62 bits per heavy atom. The molecule has 4 heteroatoms. The fourth-order valence-corrected chi connectivity index (χ4v) is 2.48. The topological polar surface area (TPSA) is 49.4 Å². The molecule has 0 heterocycles. The summed E-state index contributed by atoms with van der Waals surface area (Å²) < 4.78 is 4.40. The van der Waals surface area contributed by atoms with Crippen LogP contribution >= 0.6 is 0 Å². The molecule has 0 aliphatic carbocycles. The lowest BCUT2D eigenvalue weighted by atomic mass is 10.4.